The Balaban J connectivity index is 1.78. The van der Waals surface area contributed by atoms with E-state index in [0.717, 1.165) is 24.8 Å². The van der Waals surface area contributed by atoms with Gasteiger partial charge in [-0.3, -0.25) is 4.90 Å². The number of phenols is 1. The SMILES string of the molecule is COc1ccc(-c2cc3ccc(O)c(CN4CCCC[C@H]4C)c3oc2=O)cc1OC. The molecule has 0 unspecified atom stereocenters. The van der Waals surface area contributed by atoms with E-state index in [1.54, 1.807) is 44.6 Å². The summed E-state index contributed by atoms with van der Waals surface area (Å²) in [5, 5.41) is 11.3. The van der Waals surface area contributed by atoms with E-state index in [4.69, 9.17) is 13.9 Å². The smallest absolute Gasteiger partial charge is 0.344 e. The minimum absolute atomic E-state index is 0.155. The third-order valence-corrected chi connectivity index (χ3v) is 5.98. The highest BCUT2D eigenvalue weighted by atomic mass is 16.5. The van der Waals surface area contributed by atoms with Crippen LogP contribution in [0, 0.1) is 0 Å². The standard InChI is InChI=1S/C24H27NO5/c1-15-6-4-5-11-25(15)14-19-20(26)9-7-17-12-18(24(27)30-23(17)19)16-8-10-21(28-2)22(13-16)29-3/h7-10,12-13,15,26H,4-6,11,14H2,1-3H3/t15-/m1/s1. The van der Waals surface area contributed by atoms with Crippen LogP contribution in [0.3, 0.4) is 0 Å². The summed E-state index contributed by atoms with van der Waals surface area (Å²) in [4.78, 5) is 15.2. The highest BCUT2D eigenvalue weighted by molar-refractivity contribution is 5.86. The molecule has 6 nitrogen and oxygen atoms in total. The number of hydrogen-bond acceptors (Lipinski definition) is 6. The number of benzene rings is 2. The number of ether oxygens (including phenoxy) is 2. The minimum atomic E-state index is -0.451. The van der Waals surface area contributed by atoms with E-state index in [9.17, 15) is 9.90 Å². The van der Waals surface area contributed by atoms with Crippen molar-refractivity contribution in [3.05, 3.63) is 52.4 Å². The molecule has 1 aliphatic heterocycles. The lowest BCUT2D eigenvalue weighted by Gasteiger charge is -2.33. The highest BCUT2D eigenvalue weighted by Gasteiger charge is 2.22. The maximum atomic E-state index is 12.9. The first-order valence-corrected chi connectivity index (χ1v) is 10.3. The first kappa shape index (κ1) is 20.3. The molecule has 30 heavy (non-hydrogen) atoms. The van der Waals surface area contributed by atoms with Gasteiger partial charge in [0.2, 0.25) is 0 Å². The van der Waals surface area contributed by atoms with Crippen molar-refractivity contribution >= 4 is 11.0 Å². The third-order valence-electron chi connectivity index (χ3n) is 5.98. The fourth-order valence-electron chi connectivity index (χ4n) is 4.19. The Morgan fingerprint density at radius 3 is 2.63 bits per heavy atom. The lowest BCUT2D eigenvalue weighted by atomic mass is 10.0. The summed E-state index contributed by atoms with van der Waals surface area (Å²) >= 11 is 0. The van der Waals surface area contributed by atoms with Crippen LogP contribution in [0.15, 0.2) is 45.6 Å². The molecule has 0 amide bonds. The van der Waals surface area contributed by atoms with Crippen LogP contribution in [0.2, 0.25) is 0 Å². The van der Waals surface area contributed by atoms with Crippen molar-refractivity contribution in [1.82, 2.24) is 4.90 Å². The first-order valence-electron chi connectivity index (χ1n) is 10.3. The summed E-state index contributed by atoms with van der Waals surface area (Å²) in [5.74, 6) is 1.29. The van der Waals surface area contributed by atoms with Crippen molar-refractivity contribution < 1.29 is 19.0 Å². The second-order valence-corrected chi connectivity index (χ2v) is 7.81. The molecule has 0 spiro atoms. The van der Waals surface area contributed by atoms with Gasteiger partial charge in [-0.1, -0.05) is 12.5 Å². The van der Waals surface area contributed by atoms with Gasteiger partial charge in [-0.25, -0.2) is 4.79 Å². The van der Waals surface area contributed by atoms with Gasteiger partial charge in [0.25, 0.3) is 0 Å². The van der Waals surface area contributed by atoms with Crippen LogP contribution >= 0.6 is 0 Å². The van der Waals surface area contributed by atoms with E-state index in [1.807, 2.05) is 6.07 Å². The molecule has 2 heterocycles. The number of methoxy groups -OCH3 is 2. The molecule has 6 heteroatoms. The van der Waals surface area contributed by atoms with Crippen molar-refractivity contribution in [2.75, 3.05) is 20.8 Å². The maximum absolute atomic E-state index is 12.9. The van der Waals surface area contributed by atoms with Crippen LogP contribution < -0.4 is 15.1 Å². The number of rotatable bonds is 5. The molecule has 1 aliphatic rings. The van der Waals surface area contributed by atoms with Crippen molar-refractivity contribution in [2.24, 2.45) is 0 Å². The Morgan fingerprint density at radius 2 is 1.90 bits per heavy atom. The third kappa shape index (κ3) is 3.75. The van der Waals surface area contributed by atoms with Gasteiger partial charge in [-0.2, -0.15) is 0 Å². The molecule has 0 bridgehead atoms. The van der Waals surface area contributed by atoms with Gasteiger partial charge in [0.1, 0.15) is 11.3 Å². The Bertz CT molecular complexity index is 1120. The topological polar surface area (TPSA) is 72.1 Å². The van der Waals surface area contributed by atoms with Gasteiger partial charge in [0.05, 0.1) is 25.3 Å². The zero-order valence-electron chi connectivity index (χ0n) is 17.6. The number of hydrogen-bond donors (Lipinski definition) is 1. The summed E-state index contributed by atoms with van der Waals surface area (Å²) in [6, 6.07) is 11.0. The molecule has 0 aliphatic carbocycles. The van der Waals surface area contributed by atoms with Crippen LogP contribution in [-0.2, 0) is 6.54 Å². The van der Waals surface area contributed by atoms with Crippen molar-refractivity contribution in [3.63, 3.8) is 0 Å². The van der Waals surface area contributed by atoms with Crippen LogP contribution in [0.25, 0.3) is 22.1 Å². The summed E-state index contributed by atoms with van der Waals surface area (Å²) in [6.45, 7) is 3.74. The molecule has 2 aromatic carbocycles. The zero-order chi connectivity index (χ0) is 21.3. The number of piperidine rings is 1. The monoisotopic (exact) mass is 409 g/mol. The van der Waals surface area contributed by atoms with E-state index >= 15 is 0 Å². The maximum Gasteiger partial charge on any atom is 0.344 e. The second kappa shape index (κ2) is 8.40. The molecular formula is C24H27NO5. The molecule has 1 N–H and O–H groups in total. The molecule has 1 saturated heterocycles. The van der Waals surface area contributed by atoms with Crippen molar-refractivity contribution in [1.29, 1.82) is 0 Å². The summed E-state index contributed by atoms with van der Waals surface area (Å²) in [5.41, 5.74) is 1.78. The lowest BCUT2D eigenvalue weighted by Crippen LogP contribution is -2.36. The van der Waals surface area contributed by atoms with E-state index in [-0.39, 0.29) is 5.75 Å². The predicted molar refractivity (Wildman–Crippen MR) is 116 cm³/mol. The Morgan fingerprint density at radius 1 is 1.10 bits per heavy atom. The summed E-state index contributed by atoms with van der Waals surface area (Å²) < 4.78 is 16.4. The van der Waals surface area contributed by atoms with Crippen LogP contribution in [0.1, 0.15) is 31.7 Å². The van der Waals surface area contributed by atoms with Crippen LogP contribution in [0.4, 0.5) is 0 Å². The van der Waals surface area contributed by atoms with Gasteiger partial charge >= 0.3 is 5.63 Å². The number of likely N-dealkylation sites (tertiary alicyclic amines) is 1. The molecule has 1 atom stereocenters. The highest BCUT2D eigenvalue weighted by Crippen LogP contribution is 2.34. The fraction of sp³-hybridized carbons (Fsp3) is 0.375. The van der Waals surface area contributed by atoms with Gasteiger partial charge in [-0.05, 0) is 62.2 Å². The molecule has 0 radical (unpaired) electrons. The fourth-order valence-corrected chi connectivity index (χ4v) is 4.19. The number of aromatic hydroxyl groups is 1. The van der Waals surface area contributed by atoms with Gasteiger partial charge < -0.3 is 19.0 Å². The van der Waals surface area contributed by atoms with Crippen molar-refractivity contribution in [2.45, 2.75) is 38.8 Å². The summed E-state index contributed by atoms with van der Waals surface area (Å²) in [7, 11) is 3.13. The average Bonchev–Trinajstić information content (AvgIpc) is 2.76. The minimum Gasteiger partial charge on any atom is -0.507 e. The Labute approximate surface area is 175 Å². The van der Waals surface area contributed by atoms with Crippen LogP contribution in [-0.4, -0.2) is 36.8 Å². The first-order chi connectivity index (χ1) is 14.5. The van der Waals surface area contributed by atoms with E-state index < -0.39 is 5.63 Å². The molecule has 1 fully saturated rings. The number of phenolic OH excluding ortho intramolecular Hbond substituents is 1. The molecule has 0 saturated carbocycles. The second-order valence-electron chi connectivity index (χ2n) is 7.81. The Hall–Kier alpha value is -2.99. The number of fused-ring (bicyclic) bond motifs is 1. The zero-order valence-corrected chi connectivity index (χ0v) is 17.6. The van der Waals surface area contributed by atoms with E-state index in [2.05, 4.69) is 11.8 Å². The average molecular weight is 409 g/mol. The van der Waals surface area contributed by atoms with Gasteiger partial charge in [0, 0.05) is 18.0 Å². The largest absolute Gasteiger partial charge is 0.507 e. The molecule has 1 aromatic heterocycles. The predicted octanol–water partition coefficient (Wildman–Crippen LogP) is 4.56. The lowest BCUT2D eigenvalue weighted by molar-refractivity contribution is 0.151. The van der Waals surface area contributed by atoms with Crippen LogP contribution in [0.5, 0.6) is 17.2 Å². The normalized spacial score (nSPS) is 17.2. The van der Waals surface area contributed by atoms with Gasteiger partial charge in [0.15, 0.2) is 11.5 Å². The molecular weight excluding hydrogens is 382 g/mol. The quantitative estimate of drug-likeness (QED) is 0.623. The summed E-state index contributed by atoms with van der Waals surface area (Å²) in [6.07, 6.45) is 3.51. The number of nitrogens with zero attached hydrogens (tertiary/aromatic N) is 1. The molecule has 158 valence electrons. The Kier molecular flexibility index (Phi) is 5.68. The van der Waals surface area contributed by atoms with Crippen molar-refractivity contribution in [3.8, 4) is 28.4 Å². The molecule has 3 aromatic rings. The molecule has 4 rings (SSSR count). The van der Waals surface area contributed by atoms with Gasteiger partial charge in [-0.15, -0.1) is 0 Å². The van der Waals surface area contributed by atoms with E-state index in [0.29, 0.717) is 46.4 Å². The van der Waals surface area contributed by atoms with E-state index in [1.165, 1.54) is 6.42 Å².